The summed E-state index contributed by atoms with van der Waals surface area (Å²) in [6, 6.07) is 19.6. The van der Waals surface area contributed by atoms with Gasteiger partial charge in [-0.25, -0.2) is 4.98 Å². The molecule has 0 spiro atoms. The monoisotopic (exact) mass is 459 g/mol. The van der Waals surface area contributed by atoms with Crippen LogP contribution in [0.3, 0.4) is 0 Å². The highest BCUT2D eigenvalue weighted by atomic mass is 16.5. The number of benzene rings is 2. The van der Waals surface area contributed by atoms with Crippen LogP contribution >= 0.6 is 0 Å². The molecule has 2 aromatic carbocycles. The number of fused-ring (bicyclic) bond motifs is 1. The first-order chi connectivity index (χ1) is 16.5. The average molecular weight is 460 g/mol. The summed E-state index contributed by atoms with van der Waals surface area (Å²) in [5, 5.41) is 0. The molecule has 0 fully saturated rings. The molecule has 4 aromatic rings. The second kappa shape index (κ2) is 10.4. The van der Waals surface area contributed by atoms with Crippen LogP contribution in [0.15, 0.2) is 71.7 Å². The van der Waals surface area contributed by atoms with E-state index in [0.717, 1.165) is 16.8 Å². The molecule has 0 aliphatic heterocycles. The third-order valence-corrected chi connectivity index (χ3v) is 5.70. The number of aromatic nitrogens is 2. The number of hydrogen-bond acceptors (Lipinski definition) is 6. The maximum Gasteiger partial charge on any atom is 0.258 e. The van der Waals surface area contributed by atoms with Crippen LogP contribution in [-0.4, -0.2) is 35.6 Å². The normalized spacial score (nSPS) is 11.1. The second-order valence-corrected chi connectivity index (χ2v) is 8.13. The topological polar surface area (TPSA) is 65.3 Å². The zero-order chi connectivity index (χ0) is 24.1. The highest BCUT2D eigenvalue weighted by molar-refractivity contribution is 5.54. The summed E-state index contributed by atoms with van der Waals surface area (Å²) < 4.78 is 18.1. The van der Waals surface area contributed by atoms with Crippen LogP contribution in [0.4, 0.5) is 0 Å². The third-order valence-electron chi connectivity index (χ3n) is 5.70. The molecule has 0 aliphatic carbocycles. The highest BCUT2D eigenvalue weighted by Crippen LogP contribution is 2.38. The van der Waals surface area contributed by atoms with Crippen molar-refractivity contribution < 1.29 is 14.2 Å². The van der Waals surface area contributed by atoms with E-state index in [1.165, 1.54) is 5.56 Å². The molecule has 7 heteroatoms. The van der Waals surface area contributed by atoms with Gasteiger partial charge >= 0.3 is 0 Å². The number of nitrogens with zero attached hydrogens (tertiary/aromatic N) is 3. The van der Waals surface area contributed by atoms with Gasteiger partial charge in [0.1, 0.15) is 5.65 Å². The lowest BCUT2D eigenvalue weighted by Crippen LogP contribution is -2.25. The minimum absolute atomic E-state index is 0.0869. The Labute approximate surface area is 199 Å². The molecule has 4 rings (SSSR count). The van der Waals surface area contributed by atoms with Crippen molar-refractivity contribution in [3.63, 3.8) is 0 Å². The van der Waals surface area contributed by atoms with Crippen LogP contribution in [0.1, 0.15) is 22.4 Å². The fraction of sp³-hybridized carbons (Fsp3) is 0.259. The van der Waals surface area contributed by atoms with E-state index < -0.39 is 0 Å². The van der Waals surface area contributed by atoms with Crippen molar-refractivity contribution in [1.82, 2.24) is 14.3 Å². The van der Waals surface area contributed by atoms with Gasteiger partial charge in [-0.1, -0.05) is 36.4 Å². The van der Waals surface area contributed by atoms with Crippen LogP contribution in [0.25, 0.3) is 5.65 Å². The van der Waals surface area contributed by atoms with Gasteiger partial charge in [-0.2, -0.15) is 0 Å². The molecule has 0 aliphatic rings. The molecule has 0 saturated heterocycles. The first-order valence-corrected chi connectivity index (χ1v) is 11.1. The molecule has 0 saturated carbocycles. The van der Waals surface area contributed by atoms with Crippen molar-refractivity contribution in [2.75, 3.05) is 21.3 Å². The van der Waals surface area contributed by atoms with Gasteiger partial charge in [0.15, 0.2) is 11.5 Å². The van der Waals surface area contributed by atoms with Gasteiger partial charge in [-0.05, 0) is 41.8 Å². The average Bonchev–Trinajstić information content (AvgIpc) is 2.84. The zero-order valence-electron chi connectivity index (χ0n) is 19.9. The van der Waals surface area contributed by atoms with Crippen LogP contribution in [0, 0.1) is 6.92 Å². The second-order valence-electron chi connectivity index (χ2n) is 8.13. The quantitative estimate of drug-likeness (QED) is 0.373. The van der Waals surface area contributed by atoms with E-state index in [0.29, 0.717) is 42.5 Å². The molecule has 34 heavy (non-hydrogen) atoms. The van der Waals surface area contributed by atoms with Crippen molar-refractivity contribution >= 4 is 5.65 Å². The lowest BCUT2D eigenvalue weighted by atomic mass is 10.1. The summed E-state index contributed by atoms with van der Waals surface area (Å²) in [5.41, 5.74) is 4.44. The summed E-state index contributed by atoms with van der Waals surface area (Å²) in [5.74, 6) is 1.77. The van der Waals surface area contributed by atoms with E-state index in [-0.39, 0.29) is 5.56 Å². The Morgan fingerprint density at radius 1 is 0.824 bits per heavy atom. The molecule has 0 atom stereocenters. The Bertz CT molecular complexity index is 1310. The minimum atomic E-state index is -0.0869. The number of methoxy groups -OCH3 is 3. The van der Waals surface area contributed by atoms with E-state index in [9.17, 15) is 4.79 Å². The summed E-state index contributed by atoms with van der Waals surface area (Å²) in [6.07, 6.45) is 1.75. The Kier molecular flexibility index (Phi) is 7.13. The maximum atomic E-state index is 12.7. The van der Waals surface area contributed by atoms with Gasteiger partial charge in [0.05, 0.1) is 27.0 Å². The zero-order valence-corrected chi connectivity index (χ0v) is 19.9. The van der Waals surface area contributed by atoms with Gasteiger partial charge in [-0.3, -0.25) is 14.1 Å². The van der Waals surface area contributed by atoms with Crippen molar-refractivity contribution in [2.45, 2.75) is 26.6 Å². The van der Waals surface area contributed by atoms with Crippen LogP contribution in [0.5, 0.6) is 17.2 Å². The number of pyridine rings is 1. The summed E-state index contributed by atoms with van der Waals surface area (Å²) in [7, 11) is 4.81. The Morgan fingerprint density at radius 3 is 2.15 bits per heavy atom. The Hall–Kier alpha value is -3.84. The van der Waals surface area contributed by atoms with Gasteiger partial charge in [0, 0.05) is 31.9 Å². The van der Waals surface area contributed by atoms with Crippen LogP contribution in [0.2, 0.25) is 0 Å². The largest absolute Gasteiger partial charge is 0.493 e. The van der Waals surface area contributed by atoms with E-state index in [2.05, 4.69) is 17.0 Å². The van der Waals surface area contributed by atoms with Gasteiger partial charge < -0.3 is 14.2 Å². The molecule has 2 heterocycles. The molecule has 176 valence electrons. The lowest BCUT2D eigenvalue weighted by Gasteiger charge is -2.23. The fourth-order valence-electron chi connectivity index (χ4n) is 4.11. The molecule has 7 nitrogen and oxygen atoms in total. The Morgan fingerprint density at radius 2 is 1.50 bits per heavy atom. The van der Waals surface area contributed by atoms with Crippen molar-refractivity contribution in [3.05, 3.63) is 99.6 Å². The summed E-state index contributed by atoms with van der Waals surface area (Å²) >= 11 is 0. The molecule has 0 bridgehead atoms. The molecule has 2 aromatic heterocycles. The Balaban J connectivity index is 1.70. The number of aryl methyl sites for hydroxylation is 1. The molecular weight excluding hydrogens is 430 g/mol. The van der Waals surface area contributed by atoms with Crippen LogP contribution in [-0.2, 0) is 19.6 Å². The van der Waals surface area contributed by atoms with E-state index in [4.69, 9.17) is 19.2 Å². The van der Waals surface area contributed by atoms with E-state index in [1.807, 2.05) is 49.4 Å². The number of rotatable bonds is 9. The fourth-order valence-corrected chi connectivity index (χ4v) is 4.11. The van der Waals surface area contributed by atoms with Gasteiger partial charge in [0.2, 0.25) is 5.75 Å². The first kappa shape index (κ1) is 23.3. The van der Waals surface area contributed by atoms with E-state index in [1.54, 1.807) is 38.0 Å². The molecule has 0 N–H and O–H groups in total. The molecule has 0 amide bonds. The molecule has 0 unspecified atom stereocenters. The van der Waals surface area contributed by atoms with Crippen molar-refractivity contribution in [3.8, 4) is 17.2 Å². The predicted octanol–water partition coefficient (Wildman–Crippen LogP) is 4.23. The van der Waals surface area contributed by atoms with Gasteiger partial charge in [-0.15, -0.1) is 0 Å². The third kappa shape index (κ3) is 5.05. The standard InChI is InChI=1S/C27H29N3O4/c1-19-9-8-12-30-25(31)15-22(28-27(19)30)18-29(16-20-10-6-5-7-11-20)17-21-13-23(32-2)26(34-4)24(14-21)33-3/h5-15H,16-18H2,1-4H3. The van der Waals surface area contributed by atoms with Crippen molar-refractivity contribution in [2.24, 2.45) is 0 Å². The SMILES string of the molecule is COc1cc(CN(Cc2ccccc2)Cc2cc(=O)n3cccc(C)c3n2)cc(OC)c1OC. The highest BCUT2D eigenvalue weighted by Gasteiger charge is 2.17. The van der Waals surface area contributed by atoms with Crippen LogP contribution < -0.4 is 19.8 Å². The first-order valence-electron chi connectivity index (χ1n) is 11.1. The molecule has 0 radical (unpaired) electrons. The van der Waals surface area contributed by atoms with Gasteiger partial charge in [0.25, 0.3) is 5.56 Å². The summed E-state index contributed by atoms with van der Waals surface area (Å²) in [6.45, 7) is 3.75. The summed E-state index contributed by atoms with van der Waals surface area (Å²) in [4.78, 5) is 19.8. The molecular formula is C27H29N3O4. The number of ether oxygens (including phenoxy) is 3. The minimum Gasteiger partial charge on any atom is -0.493 e. The number of hydrogen-bond donors (Lipinski definition) is 0. The smallest absolute Gasteiger partial charge is 0.258 e. The van der Waals surface area contributed by atoms with E-state index >= 15 is 0 Å². The maximum absolute atomic E-state index is 12.7. The van der Waals surface area contributed by atoms with Crippen molar-refractivity contribution in [1.29, 1.82) is 0 Å². The lowest BCUT2D eigenvalue weighted by molar-refractivity contribution is 0.243. The predicted molar refractivity (Wildman–Crippen MR) is 132 cm³/mol.